The van der Waals surface area contributed by atoms with E-state index in [9.17, 15) is 23.0 Å². The zero-order valence-corrected chi connectivity index (χ0v) is 16.5. The molecule has 0 spiro atoms. The van der Waals surface area contributed by atoms with Crippen molar-refractivity contribution in [3.8, 4) is 0 Å². The molecular formula is C16H18BN5O7S. The number of primary amides is 1. The fourth-order valence-corrected chi connectivity index (χ4v) is 3.97. The monoisotopic (exact) mass is 435 g/mol. The summed E-state index contributed by atoms with van der Waals surface area (Å²) in [7, 11) is -4.17. The van der Waals surface area contributed by atoms with E-state index in [0.717, 1.165) is 11.8 Å². The van der Waals surface area contributed by atoms with Gasteiger partial charge in [0.2, 0.25) is 0 Å². The lowest BCUT2D eigenvalue weighted by atomic mass is 9.79. The van der Waals surface area contributed by atoms with Crippen LogP contribution in [0.15, 0.2) is 35.5 Å². The van der Waals surface area contributed by atoms with Crippen LogP contribution >= 0.6 is 0 Å². The Kier molecular flexibility index (Phi) is 6.10. The van der Waals surface area contributed by atoms with E-state index in [1.807, 2.05) is 0 Å². The van der Waals surface area contributed by atoms with Crippen molar-refractivity contribution in [2.75, 3.05) is 17.1 Å². The van der Waals surface area contributed by atoms with Crippen LogP contribution in [0.3, 0.4) is 0 Å². The van der Waals surface area contributed by atoms with Gasteiger partial charge in [-0.15, -0.1) is 0 Å². The Morgan fingerprint density at radius 3 is 2.80 bits per heavy atom. The van der Waals surface area contributed by atoms with Gasteiger partial charge in [0.05, 0.1) is 25.6 Å². The highest BCUT2D eigenvalue weighted by Gasteiger charge is 2.28. The highest BCUT2D eigenvalue weighted by molar-refractivity contribution is 7.92. The molecule has 6 N–H and O–H groups in total. The van der Waals surface area contributed by atoms with E-state index in [1.54, 1.807) is 6.07 Å². The normalized spacial score (nSPS) is 12.8. The highest BCUT2D eigenvalue weighted by Crippen LogP contribution is 2.22. The number of urea groups is 1. The van der Waals surface area contributed by atoms with Crippen LogP contribution in [-0.4, -0.2) is 44.8 Å². The Bertz CT molecular complexity index is 1100. The molecule has 0 saturated carbocycles. The third-order valence-corrected chi connectivity index (χ3v) is 5.51. The molecule has 1 aliphatic rings. The minimum Gasteiger partial charge on any atom is -0.453 e. The van der Waals surface area contributed by atoms with Gasteiger partial charge in [0.25, 0.3) is 10.0 Å². The molecule has 0 unspecified atom stereocenters. The number of carbonyl (C=O) groups excluding carboxylic acids is 2. The van der Waals surface area contributed by atoms with Crippen LogP contribution < -0.4 is 26.6 Å². The smallest absolute Gasteiger partial charge is 0.453 e. The fraction of sp³-hybridized carbons (Fsp3) is 0.188. The lowest BCUT2D eigenvalue weighted by Gasteiger charge is -2.14. The molecule has 3 rings (SSSR count). The molecule has 30 heavy (non-hydrogen) atoms. The maximum atomic E-state index is 12.9. The average molecular weight is 435 g/mol. The van der Waals surface area contributed by atoms with Crippen molar-refractivity contribution in [2.45, 2.75) is 18.2 Å². The van der Waals surface area contributed by atoms with Crippen LogP contribution in [0.2, 0.25) is 0 Å². The van der Waals surface area contributed by atoms with Gasteiger partial charge in [-0.05, 0) is 29.2 Å². The standard InChI is InChI=1S/C16H18BN5O7S/c1-28-16(24)21-12-4-10(6-20-15(18)23)14(19-7-12)30(26,27)22-11-3-2-9-8-29-17(25)13(9)5-11/h2-5,7,22,25H,6,8H2,1H3,(H,21,24)(H3,18,20,23). The van der Waals surface area contributed by atoms with Gasteiger partial charge >= 0.3 is 19.2 Å². The minimum atomic E-state index is -4.20. The van der Waals surface area contributed by atoms with Gasteiger partial charge < -0.3 is 25.5 Å². The van der Waals surface area contributed by atoms with Crippen molar-refractivity contribution in [3.63, 3.8) is 0 Å². The number of sulfonamides is 1. The number of rotatable bonds is 6. The molecule has 0 atom stereocenters. The second-order valence-corrected chi connectivity index (χ2v) is 7.80. The summed E-state index contributed by atoms with van der Waals surface area (Å²) in [5.41, 5.74) is 6.67. The second kappa shape index (κ2) is 8.56. The molecule has 0 saturated heterocycles. The fourth-order valence-electron chi connectivity index (χ4n) is 2.77. The summed E-state index contributed by atoms with van der Waals surface area (Å²) in [5, 5.41) is 14.1. The molecule has 2 aromatic rings. The molecule has 1 aromatic heterocycles. The van der Waals surface area contributed by atoms with Crippen LogP contribution in [0.1, 0.15) is 11.1 Å². The number of hydrogen-bond donors (Lipinski definition) is 5. The van der Waals surface area contributed by atoms with E-state index in [2.05, 4.69) is 25.1 Å². The number of anilines is 2. The first-order valence-corrected chi connectivity index (χ1v) is 10.0. The average Bonchev–Trinajstić information content (AvgIpc) is 3.06. The number of benzene rings is 1. The summed E-state index contributed by atoms with van der Waals surface area (Å²) < 4.78 is 37.8. The molecule has 2 heterocycles. The molecular weight excluding hydrogens is 417 g/mol. The number of carbonyl (C=O) groups is 2. The number of amides is 3. The molecule has 1 aliphatic heterocycles. The predicted molar refractivity (Wildman–Crippen MR) is 106 cm³/mol. The van der Waals surface area contributed by atoms with Crippen LogP contribution in [0.4, 0.5) is 21.0 Å². The molecule has 3 amide bonds. The number of fused-ring (bicyclic) bond motifs is 1. The number of hydrogen-bond acceptors (Lipinski definition) is 8. The second-order valence-electron chi connectivity index (χ2n) is 6.21. The first-order valence-electron chi connectivity index (χ1n) is 8.52. The SMILES string of the molecule is COC(=O)Nc1cnc(S(=O)(=O)Nc2ccc3c(c2)B(O)OC3)c(CNC(N)=O)c1. The summed E-state index contributed by atoms with van der Waals surface area (Å²) in [6.07, 6.45) is 0.345. The molecule has 0 fully saturated rings. The van der Waals surface area contributed by atoms with Crippen molar-refractivity contribution in [1.82, 2.24) is 10.3 Å². The van der Waals surface area contributed by atoms with E-state index in [0.29, 0.717) is 5.46 Å². The predicted octanol–water partition coefficient (Wildman–Crippen LogP) is -0.553. The number of aromatic nitrogens is 1. The Balaban J connectivity index is 1.92. The largest absolute Gasteiger partial charge is 0.491 e. The summed E-state index contributed by atoms with van der Waals surface area (Å²) in [4.78, 5) is 26.4. The first kappa shape index (κ1) is 21.4. The summed E-state index contributed by atoms with van der Waals surface area (Å²) >= 11 is 0. The van der Waals surface area contributed by atoms with E-state index < -0.39 is 29.3 Å². The zero-order chi connectivity index (χ0) is 21.9. The number of nitrogens with one attached hydrogen (secondary N) is 3. The van der Waals surface area contributed by atoms with E-state index >= 15 is 0 Å². The highest BCUT2D eigenvalue weighted by atomic mass is 32.2. The van der Waals surface area contributed by atoms with Gasteiger partial charge in [-0.2, -0.15) is 8.42 Å². The lowest BCUT2D eigenvalue weighted by molar-refractivity contribution is 0.187. The summed E-state index contributed by atoms with van der Waals surface area (Å²) in [6, 6.07) is 5.06. The number of ether oxygens (including phenoxy) is 1. The summed E-state index contributed by atoms with van der Waals surface area (Å²) in [5.74, 6) is 0. The number of nitrogens with zero attached hydrogens (tertiary/aromatic N) is 1. The van der Waals surface area contributed by atoms with Crippen molar-refractivity contribution in [2.24, 2.45) is 5.73 Å². The Hall–Kier alpha value is -3.36. The van der Waals surface area contributed by atoms with E-state index in [-0.39, 0.29) is 35.1 Å². The lowest BCUT2D eigenvalue weighted by Crippen LogP contribution is -2.30. The Labute approximate surface area is 172 Å². The molecule has 0 bridgehead atoms. The van der Waals surface area contributed by atoms with Gasteiger partial charge in [0.1, 0.15) is 0 Å². The third kappa shape index (κ3) is 4.79. The molecule has 0 aliphatic carbocycles. The van der Waals surface area contributed by atoms with Gasteiger partial charge in [0, 0.05) is 17.8 Å². The van der Waals surface area contributed by atoms with Gasteiger partial charge in [-0.3, -0.25) is 10.0 Å². The first-order chi connectivity index (χ1) is 14.2. The molecule has 158 valence electrons. The number of methoxy groups -OCH3 is 1. The minimum absolute atomic E-state index is 0.0692. The molecule has 12 nitrogen and oxygen atoms in total. The molecule has 1 aromatic carbocycles. The zero-order valence-electron chi connectivity index (χ0n) is 15.7. The van der Waals surface area contributed by atoms with Crippen LogP contribution in [0.25, 0.3) is 0 Å². The van der Waals surface area contributed by atoms with E-state index in [4.69, 9.17) is 10.4 Å². The summed E-state index contributed by atoms with van der Waals surface area (Å²) in [6.45, 7) is -0.0330. The number of nitrogens with two attached hydrogens (primary N) is 1. The quantitative estimate of drug-likeness (QED) is 0.375. The van der Waals surface area contributed by atoms with Crippen molar-refractivity contribution in [3.05, 3.63) is 41.6 Å². The van der Waals surface area contributed by atoms with Gasteiger partial charge in [0.15, 0.2) is 5.03 Å². The maximum Gasteiger partial charge on any atom is 0.491 e. The Morgan fingerprint density at radius 1 is 1.33 bits per heavy atom. The van der Waals surface area contributed by atoms with Crippen molar-refractivity contribution < 1.29 is 32.4 Å². The third-order valence-electron chi connectivity index (χ3n) is 4.13. The van der Waals surface area contributed by atoms with E-state index in [1.165, 1.54) is 25.3 Å². The van der Waals surface area contributed by atoms with Crippen LogP contribution in [-0.2, 0) is 32.6 Å². The van der Waals surface area contributed by atoms with Crippen LogP contribution in [0, 0.1) is 0 Å². The van der Waals surface area contributed by atoms with Crippen molar-refractivity contribution in [1.29, 1.82) is 0 Å². The number of pyridine rings is 1. The van der Waals surface area contributed by atoms with Gasteiger partial charge in [-0.1, -0.05) is 6.07 Å². The van der Waals surface area contributed by atoms with Gasteiger partial charge in [-0.25, -0.2) is 14.6 Å². The Morgan fingerprint density at radius 2 is 2.10 bits per heavy atom. The maximum absolute atomic E-state index is 12.9. The molecule has 0 radical (unpaired) electrons. The topological polar surface area (TPSA) is 182 Å². The van der Waals surface area contributed by atoms with Crippen LogP contribution in [0.5, 0.6) is 0 Å². The van der Waals surface area contributed by atoms with Crippen molar-refractivity contribution >= 4 is 46.1 Å². The molecule has 14 heteroatoms.